The predicted octanol–water partition coefficient (Wildman–Crippen LogP) is 5.66. The average molecular weight is 311 g/mol. The van der Waals surface area contributed by atoms with Crippen molar-refractivity contribution >= 4 is 25.4 Å². The third-order valence-corrected chi connectivity index (χ3v) is 7.75. The first-order chi connectivity index (χ1) is 9.64. The molecule has 0 fully saturated rings. The Kier molecular flexibility index (Phi) is 9.54. The molecular weight excluding hydrogens is 276 g/mol. The Morgan fingerprint density at radius 3 is 2.10 bits per heavy atom. The van der Waals surface area contributed by atoms with Crippen LogP contribution in [-0.4, -0.2) is 9.52 Å². The maximum atomic E-state index is 2.49. The van der Waals surface area contributed by atoms with Crippen LogP contribution >= 0.6 is 11.3 Å². The van der Waals surface area contributed by atoms with Crippen LogP contribution in [0.1, 0.15) is 85.0 Å². The van der Waals surface area contributed by atoms with Crippen molar-refractivity contribution in [2.75, 3.05) is 0 Å². The molecule has 0 aliphatic carbocycles. The molecule has 0 saturated heterocycles. The van der Waals surface area contributed by atoms with Gasteiger partial charge in [-0.15, -0.1) is 0 Å². The molecule has 0 unspecified atom stereocenters. The molecule has 0 radical (unpaired) electrons. The molecule has 0 saturated carbocycles. The highest BCUT2D eigenvalue weighted by Gasteiger charge is 2.19. The van der Waals surface area contributed by atoms with Gasteiger partial charge in [0.25, 0.3) is 0 Å². The second-order valence-corrected chi connectivity index (χ2v) is 11.6. The second-order valence-electron chi connectivity index (χ2n) is 7.00. The molecule has 0 atom stereocenters. The zero-order valence-corrected chi connectivity index (χ0v) is 16.1. The number of thiophene rings is 1. The predicted molar refractivity (Wildman–Crippen MR) is 98.4 cm³/mol. The summed E-state index contributed by atoms with van der Waals surface area (Å²) in [5.74, 6) is 0. The maximum absolute atomic E-state index is 2.49. The number of unbranched alkanes of at least 4 members (excludes halogenated alkanes) is 8. The van der Waals surface area contributed by atoms with Crippen LogP contribution < -0.4 is 4.50 Å². The summed E-state index contributed by atoms with van der Waals surface area (Å²) in [5.41, 5.74) is 0. The molecular formula is C18H34SSi. The monoisotopic (exact) mass is 310 g/mol. The lowest BCUT2D eigenvalue weighted by atomic mass is 10.0. The summed E-state index contributed by atoms with van der Waals surface area (Å²) < 4.78 is 1.69. The largest absolute Gasteiger partial charge is 0.154 e. The van der Waals surface area contributed by atoms with E-state index in [1.165, 1.54) is 64.2 Å². The molecule has 1 rings (SSSR count). The summed E-state index contributed by atoms with van der Waals surface area (Å²) >= 11 is 1.97. The van der Waals surface area contributed by atoms with E-state index in [2.05, 4.69) is 38.3 Å². The van der Waals surface area contributed by atoms with E-state index < -0.39 is 0 Å². The number of hydrogen-bond donors (Lipinski definition) is 0. The first-order valence-electron chi connectivity index (χ1n) is 8.66. The van der Waals surface area contributed by atoms with E-state index in [4.69, 9.17) is 0 Å². The molecule has 20 heavy (non-hydrogen) atoms. The van der Waals surface area contributed by atoms with E-state index in [1.54, 1.807) is 4.50 Å². The number of rotatable bonds is 12. The van der Waals surface area contributed by atoms with Crippen LogP contribution in [0, 0.1) is 0 Å². The lowest BCUT2D eigenvalue weighted by molar-refractivity contribution is 0.517. The van der Waals surface area contributed by atoms with E-state index in [0.29, 0.717) is 5.04 Å². The maximum Gasteiger partial charge on any atom is 0.0732 e. The Labute approximate surface area is 133 Å². The van der Waals surface area contributed by atoms with Gasteiger partial charge in [-0.2, -0.15) is 11.3 Å². The molecule has 0 amide bonds. The fraction of sp³-hybridized carbons (Fsp3) is 0.778. The smallest absolute Gasteiger partial charge is 0.0732 e. The van der Waals surface area contributed by atoms with Gasteiger partial charge < -0.3 is 0 Å². The second kappa shape index (κ2) is 10.6. The first kappa shape index (κ1) is 18.0. The third-order valence-electron chi connectivity index (χ3n) is 4.19. The molecule has 0 bridgehead atoms. The molecule has 0 N–H and O–H groups in total. The van der Waals surface area contributed by atoms with Gasteiger partial charge in [-0.1, -0.05) is 97.1 Å². The van der Waals surface area contributed by atoms with Crippen molar-refractivity contribution in [3.63, 3.8) is 0 Å². The Morgan fingerprint density at radius 1 is 0.950 bits per heavy atom. The normalized spacial score (nSPS) is 12.6. The van der Waals surface area contributed by atoms with Gasteiger partial charge >= 0.3 is 0 Å². The van der Waals surface area contributed by atoms with E-state index in [1.807, 2.05) is 11.3 Å². The molecule has 2 heteroatoms. The van der Waals surface area contributed by atoms with Crippen LogP contribution in [-0.2, 0) is 0 Å². The van der Waals surface area contributed by atoms with Crippen LogP contribution in [0.15, 0.2) is 17.5 Å². The van der Waals surface area contributed by atoms with Crippen molar-refractivity contribution in [2.24, 2.45) is 0 Å². The SMILES string of the molecule is CCCCCCCCCCCC(C)(C)[SiH2]c1cccs1. The van der Waals surface area contributed by atoms with E-state index >= 15 is 0 Å². The zero-order valence-electron chi connectivity index (χ0n) is 13.9. The fourth-order valence-electron chi connectivity index (χ4n) is 2.89. The van der Waals surface area contributed by atoms with Crippen molar-refractivity contribution in [2.45, 2.75) is 90.0 Å². The minimum Gasteiger partial charge on any atom is -0.154 e. The molecule has 0 nitrogen and oxygen atoms in total. The van der Waals surface area contributed by atoms with Gasteiger partial charge in [-0.25, -0.2) is 0 Å². The van der Waals surface area contributed by atoms with Gasteiger partial charge in [-0.3, -0.25) is 0 Å². The molecule has 0 spiro atoms. The van der Waals surface area contributed by atoms with E-state index in [-0.39, 0.29) is 9.52 Å². The van der Waals surface area contributed by atoms with Gasteiger partial charge in [0.2, 0.25) is 0 Å². The fourth-order valence-corrected chi connectivity index (χ4v) is 6.79. The summed E-state index contributed by atoms with van der Waals surface area (Å²) in [6.45, 7) is 7.27. The van der Waals surface area contributed by atoms with Crippen molar-refractivity contribution in [1.29, 1.82) is 0 Å². The highest BCUT2D eigenvalue weighted by atomic mass is 32.1. The van der Waals surface area contributed by atoms with Gasteiger partial charge in [-0.05, 0) is 14.9 Å². The van der Waals surface area contributed by atoms with E-state index in [9.17, 15) is 0 Å². The summed E-state index contributed by atoms with van der Waals surface area (Å²) in [7, 11) is -0.0763. The Hall–Kier alpha value is -0.0831. The lowest BCUT2D eigenvalue weighted by Crippen LogP contribution is -2.22. The standard InChI is InChI=1S/C18H34SSi/c1-4-5-6-7-8-9-10-11-12-15-18(2,3)20-17-14-13-16-19-17/h13-14,16H,4-12,15,20H2,1-3H3. The molecule has 1 aromatic rings. The highest BCUT2D eigenvalue weighted by Crippen LogP contribution is 2.30. The Bertz CT molecular complexity index is 316. The van der Waals surface area contributed by atoms with Crippen LogP contribution in [0.2, 0.25) is 5.04 Å². The highest BCUT2D eigenvalue weighted by molar-refractivity contribution is 7.20. The van der Waals surface area contributed by atoms with E-state index in [0.717, 1.165) is 0 Å². The van der Waals surface area contributed by atoms with Crippen molar-refractivity contribution in [3.05, 3.63) is 17.5 Å². The topological polar surface area (TPSA) is 0 Å². The molecule has 0 aliphatic rings. The van der Waals surface area contributed by atoms with Gasteiger partial charge in [0.15, 0.2) is 0 Å². The van der Waals surface area contributed by atoms with Crippen molar-refractivity contribution in [1.82, 2.24) is 0 Å². The Balaban J connectivity index is 1.97. The van der Waals surface area contributed by atoms with Crippen LogP contribution in [0.3, 0.4) is 0 Å². The molecule has 1 aromatic heterocycles. The quantitative estimate of drug-likeness (QED) is 0.345. The van der Waals surface area contributed by atoms with Crippen LogP contribution in [0.5, 0.6) is 0 Å². The summed E-state index contributed by atoms with van der Waals surface area (Å²) in [6, 6.07) is 4.55. The average Bonchev–Trinajstić information content (AvgIpc) is 2.89. The van der Waals surface area contributed by atoms with Crippen molar-refractivity contribution in [3.8, 4) is 0 Å². The van der Waals surface area contributed by atoms with Crippen molar-refractivity contribution < 1.29 is 0 Å². The molecule has 0 aromatic carbocycles. The molecule has 116 valence electrons. The summed E-state index contributed by atoms with van der Waals surface area (Å²) in [6.07, 6.45) is 14.4. The van der Waals surface area contributed by atoms with Crippen LogP contribution in [0.25, 0.3) is 0 Å². The van der Waals surface area contributed by atoms with Gasteiger partial charge in [0, 0.05) is 0 Å². The lowest BCUT2D eigenvalue weighted by Gasteiger charge is -2.23. The molecule has 1 heterocycles. The summed E-state index contributed by atoms with van der Waals surface area (Å²) in [4.78, 5) is 0. The van der Waals surface area contributed by atoms with Gasteiger partial charge in [0.1, 0.15) is 0 Å². The minimum atomic E-state index is -0.0763. The minimum absolute atomic E-state index is 0.0763. The zero-order chi connectivity index (χ0) is 14.7. The Morgan fingerprint density at radius 2 is 1.55 bits per heavy atom. The van der Waals surface area contributed by atoms with Gasteiger partial charge in [0.05, 0.1) is 9.52 Å². The van der Waals surface area contributed by atoms with Crippen LogP contribution in [0.4, 0.5) is 0 Å². The number of hydrogen-bond acceptors (Lipinski definition) is 1. The first-order valence-corrected chi connectivity index (χ1v) is 11.0. The third kappa shape index (κ3) is 8.96. The molecule has 0 aliphatic heterocycles. The summed E-state index contributed by atoms with van der Waals surface area (Å²) in [5, 5.41) is 2.85.